The van der Waals surface area contributed by atoms with Crippen LogP contribution in [0.3, 0.4) is 0 Å². The Bertz CT molecular complexity index is 2720. The summed E-state index contributed by atoms with van der Waals surface area (Å²) in [6, 6.07) is 41.7. The van der Waals surface area contributed by atoms with Crippen LogP contribution in [-0.2, 0) is 35.5 Å². The molecule has 8 heteroatoms. The van der Waals surface area contributed by atoms with Gasteiger partial charge in [-0.05, 0) is 141 Å². The molecule has 0 saturated carbocycles. The maximum Gasteiger partial charge on any atom is 0.127 e. The largest absolute Gasteiger partial charge is 0.491 e. The van der Waals surface area contributed by atoms with E-state index in [4.69, 9.17) is 18.9 Å². The van der Waals surface area contributed by atoms with E-state index in [0.29, 0.717) is 51.5 Å². The Labute approximate surface area is 362 Å². The van der Waals surface area contributed by atoms with E-state index in [2.05, 4.69) is 94.4 Å². The van der Waals surface area contributed by atoms with Gasteiger partial charge in [0.15, 0.2) is 0 Å². The van der Waals surface area contributed by atoms with Crippen LogP contribution in [0.15, 0.2) is 146 Å². The Morgan fingerprint density at radius 3 is 1.29 bits per heavy atom. The molecule has 0 N–H and O–H groups in total. The predicted molar refractivity (Wildman–Crippen MR) is 246 cm³/mol. The van der Waals surface area contributed by atoms with Gasteiger partial charge in [-0.2, -0.15) is 0 Å². The molecule has 0 spiro atoms. The molecule has 4 heterocycles. The van der Waals surface area contributed by atoms with Gasteiger partial charge in [0, 0.05) is 35.6 Å². The lowest BCUT2D eigenvalue weighted by Gasteiger charge is -2.20. The Kier molecular flexibility index (Phi) is 11.2. The van der Waals surface area contributed by atoms with Crippen molar-refractivity contribution in [1.29, 1.82) is 0 Å². The SMILES string of the molecule is C[C@H]1Cc2cc(OCCOCc3ccnc(-c4ccccn4)c3)c3ccccc3c2/C1=C1\c2c(cc(OCCOCc3ccnc(-c4ccccn4)c3)c3ccccc23)C[C@@H]1C. The number of nitrogens with zero attached hydrogens (tertiary/aromatic N) is 4. The van der Waals surface area contributed by atoms with Crippen LogP contribution < -0.4 is 9.47 Å². The summed E-state index contributed by atoms with van der Waals surface area (Å²) >= 11 is 0. The first-order valence-electron chi connectivity index (χ1n) is 21.6. The molecule has 0 amide bonds. The summed E-state index contributed by atoms with van der Waals surface area (Å²) in [5.74, 6) is 2.54. The lowest BCUT2D eigenvalue weighted by molar-refractivity contribution is 0.0893. The van der Waals surface area contributed by atoms with Crippen LogP contribution in [0.25, 0.3) is 55.5 Å². The van der Waals surface area contributed by atoms with Crippen LogP contribution in [0.1, 0.15) is 47.2 Å². The fourth-order valence-electron chi connectivity index (χ4n) is 9.39. The average Bonchev–Trinajstić information content (AvgIpc) is 3.83. The summed E-state index contributed by atoms with van der Waals surface area (Å²) < 4.78 is 25.2. The lowest BCUT2D eigenvalue weighted by atomic mass is 9.85. The number of benzene rings is 4. The highest BCUT2D eigenvalue weighted by atomic mass is 16.5. The van der Waals surface area contributed by atoms with Gasteiger partial charge in [-0.1, -0.05) is 74.5 Å². The number of aromatic nitrogens is 4. The first kappa shape index (κ1) is 39.4. The van der Waals surface area contributed by atoms with Crippen LogP contribution in [0.4, 0.5) is 0 Å². The highest BCUT2D eigenvalue weighted by molar-refractivity contribution is 6.11. The molecule has 2 atom stereocenters. The van der Waals surface area contributed by atoms with Crippen molar-refractivity contribution in [2.75, 3.05) is 26.4 Å². The highest BCUT2D eigenvalue weighted by Gasteiger charge is 2.36. The summed E-state index contributed by atoms with van der Waals surface area (Å²) in [4.78, 5) is 17.9. The average molecular weight is 817 g/mol. The topological polar surface area (TPSA) is 88.5 Å². The first-order chi connectivity index (χ1) is 30.6. The Morgan fingerprint density at radius 1 is 0.435 bits per heavy atom. The molecule has 8 aromatic rings. The van der Waals surface area contributed by atoms with Gasteiger partial charge in [-0.15, -0.1) is 0 Å². The number of hydrogen-bond donors (Lipinski definition) is 0. The van der Waals surface area contributed by atoms with Gasteiger partial charge < -0.3 is 18.9 Å². The smallest absolute Gasteiger partial charge is 0.127 e. The molecule has 4 aromatic heterocycles. The Balaban J connectivity index is 0.858. The monoisotopic (exact) mass is 816 g/mol. The maximum atomic E-state index is 6.52. The molecular formula is C54H48N4O4. The Morgan fingerprint density at radius 2 is 0.855 bits per heavy atom. The predicted octanol–water partition coefficient (Wildman–Crippen LogP) is 11.4. The van der Waals surface area contributed by atoms with E-state index in [-0.39, 0.29) is 0 Å². The van der Waals surface area contributed by atoms with E-state index in [1.54, 1.807) is 12.4 Å². The van der Waals surface area contributed by atoms with Crippen LogP contribution in [0.5, 0.6) is 11.5 Å². The molecule has 2 aliphatic rings. The molecule has 0 aliphatic heterocycles. The minimum atomic E-state index is 0.360. The van der Waals surface area contributed by atoms with Crippen LogP contribution in [0, 0.1) is 11.8 Å². The third kappa shape index (κ3) is 7.95. The van der Waals surface area contributed by atoms with E-state index in [0.717, 1.165) is 69.0 Å². The second-order valence-electron chi connectivity index (χ2n) is 16.3. The van der Waals surface area contributed by atoms with E-state index in [9.17, 15) is 0 Å². The van der Waals surface area contributed by atoms with Gasteiger partial charge in [0.25, 0.3) is 0 Å². The summed E-state index contributed by atoms with van der Waals surface area (Å²) in [6.07, 6.45) is 9.12. The van der Waals surface area contributed by atoms with E-state index < -0.39 is 0 Å². The van der Waals surface area contributed by atoms with Crippen molar-refractivity contribution in [2.45, 2.75) is 39.9 Å². The maximum absolute atomic E-state index is 6.52. The normalized spacial score (nSPS) is 16.7. The molecule has 2 aliphatic carbocycles. The molecule has 0 fully saturated rings. The molecule has 8 nitrogen and oxygen atoms in total. The number of ether oxygens (including phenoxy) is 4. The van der Waals surface area contributed by atoms with Crippen molar-refractivity contribution in [3.05, 3.63) is 179 Å². The molecule has 0 bridgehead atoms. The molecule has 308 valence electrons. The van der Waals surface area contributed by atoms with E-state index >= 15 is 0 Å². The zero-order chi connectivity index (χ0) is 41.8. The third-order valence-electron chi connectivity index (χ3n) is 12.1. The minimum Gasteiger partial charge on any atom is -0.491 e. The minimum absolute atomic E-state index is 0.360. The van der Waals surface area contributed by atoms with Gasteiger partial charge >= 0.3 is 0 Å². The Hall–Kier alpha value is -6.74. The van der Waals surface area contributed by atoms with Gasteiger partial charge in [0.2, 0.25) is 0 Å². The second kappa shape index (κ2) is 17.7. The van der Waals surface area contributed by atoms with Crippen molar-refractivity contribution in [3.8, 4) is 34.3 Å². The zero-order valence-corrected chi connectivity index (χ0v) is 35.1. The fourth-order valence-corrected chi connectivity index (χ4v) is 9.39. The molecule has 4 aromatic carbocycles. The molecule has 0 radical (unpaired) electrons. The van der Waals surface area contributed by atoms with Crippen LogP contribution >= 0.6 is 0 Å². The van der Waals surface area contributed by atoms with Crippen molar-refractivity contribution in [2.24, 2.45) is 11.8 Å². The third-order valence-corrected chi connectivity index (χ3v) is 12.1. The zero-order valence-electron chi connectivity index (χ0n) is 35.1. The molecule has 62 heavy (non-hydrogen) atoms. The van der Waals surface area contributed by atoms with Crippen LogP contribution in [-0.4, -0.2) is 46.4 Å². The van der Waals surface area contributed by atoms with Gasteiger partial charge in [-0.3, -0.25) is 19.9 Å². The van der Waals surface area contributed by atoms with Gasteiger partial charge in [-0.25, -0.2) is 0 Å². The fraction of sp³-hybridized carbons (Fsp3) is 0.222. The number of pyridine rings is 4. The molecule has 10 rings (SSSR count). The van der Waals surface area contributed by atoms with Crippen molar-refractivity contribution < 1.29 is 18.9 Å². The summed E-state index contributed by atoms with van der Waals surface area (Å²) in [7, 11) is 0. The molecular weight excluding hydrogens is 769 g/mol. The van der Waals surface area contributed by atoms with E-state index in [1.807, 2.05) is 73.1 Å². The van der Waals surface area contributed by atoms with Gasteiger partial charge in [0.05, 0.1) is 49.2 Å². The number of fused-ring (bicyclic) bond motifs is 6. The lowest BCUT2D eigenvalue weighted by Crippen LogP contribution is -2.08. The quantitative estimate of drug-likeness (QED) is 0.100. The summed E-state index contributed by atoms with van der Waals surface area (Å²) in [5.41, 5.74) is 13.8. The van der Waals surface area contributed by atoms with Gasteiger partial charge in [0.1, 0.15) is 24.7 Å². The van der Waals surface area contributed by atoms with E-state index in [1.165, 1.54) is 44.2 Å². The first-order valence-corrected chi connectivity index (χ1v) is 21.6. The number of hydrogen-bond acceptors (Lipinski definition) is 8. The van der Waals surface area contributed by atoms with Crippen molar-refractivity contribution >= 4 is 32.7 Å². The van der Waals surface area contributed by atoms with Crippen molar-refractivity contribution in [3.63, 3.8) is 0 Å². The summed E-state index contributed by atoms with van der Waals surface area (Å²) in [6.45, 7) is 7.58. The number of rotatable bonds is 14. The second-order valence-corrected chi connectivity index (χ2v) is 16.3. The molecule has 0 saturated heterocycles. The summed E-state index contributed by atoms with van der Waals surface area (Å²) in [5, 5.41) is 4.76. The number of allylic oxidation sites excluding steroid dienone is 2. The van der Waals surface area contributed by atoms with Crippen LogP contribution in [0.2, 0.25) is 0 Å². The molecule has 0 unspecified atom stereocenters. The highest BCUT2D eigenvalue weighted by Crippen LogP contribution is 2.54. The van der Waals surface area contributed by atoms with Crippen molar-refractivity contribution in [1.82, 2.24) is 19.9 Å². The standard InChI is InChI=1S/C54H48N4O4/c1-35-27-39-31-49(61-25-23-59-33-37-17-21-57-47(29-37)45-15-7-9-19-55-45)41-11-3-5-13-43(41)53(39)51(35)52-36(2)28-40-32-50(42-12-4-6-14-44(42)54(40)52)62-26-24-60-34-38-18-22-58-48(30-38)46-16-8-10-20-56-46/h3-22,29-32,35-36H,23-28,33-34H2,1-2H3/b52-51-/t35-,36-/m0/s1.